The molecule has 23 heavy (non-hydrogen) atoms. The number of hydrogen-bond acceptors (Lipinski definition) is 4. The molecular weight excluding hydrogens is 292 g/mol. The third kappa shape index (κ3) is 3.56. The van der Waals surface area contributed by atoms with Gasteiger partial charge in [0, 0.05) is 25.3 Å². The lowest BCUT2D eigenvalue weighted by atomic mass is 10.1. The molecule has 1 heterocycles. The van der Waals surface area contributed by atoms with Crippen LogP contribution in [0.25, 0.3) is 0 Å². The maximum absolute atomic E-state index is 12.3. The Morgan fingerprint density at radius 2 is 1.96 bits per heavy atom. The predicted octanol–water partition coefficient (Wildman–Crippen LogP) is 2.32. The predicted molar refractivity (Wildman–Crippen MR) is 89.5 cm³/mol. The van der Waals surface area contributed by atoms with E-state index in [1.165, 1.54) is 0 Å². The molecule has 1 aliphatic heterocycles. The molecule has 0 saturated carbocycles. The van der Waals surface area contributed by atoms with Gasteiger partial charge in [-0.05, 0) is 30.3 Å². The molecule has 2 aromatic carbocycles. The van der Waals surface area contributed by atoms with Crippen LogP contribution in [-0.2, 0) is 0 Å². The number of ether oxygens (including phenoxy) is 2. The van der Waals surface area contributed by atoms with Crippen LogP contribution in [-0.4, -0.2) is 39.3 Å². The number of carbonyl (C=O) groups excluding carboxylic acids is 1. The molecule has 3 rings (SSSR count). The number of anilines is 1. The molecule has 2 aromatic rings. The number of rotatable bonds is 4. The highest BCUT2D eigenvalue weighted by atomic mass is 16.6. The minimum absolute atomic E-state index is 0.115. The highest BCUT2D eigenvalue weighted by molar-refractivity contribution is 5.95. The molecule has 0 radical (unpaired) electrons. The van der Waals surface area contributed by atoms with Gasteiger partial charge in [-0.1, -0.05) is 18.2 Å². The van der Waals surface area contributed by atoms with E-state index in [0.717, 1.165) is 11.4 Å². The van der Waals surface area contributed by atoms with Gasteiger partial charge in [0.25, 0.3) is 5.91 Å². The number of amides is 1. The fourth-order valence-corrected chi connectivity index (χ4v) is 2.40. The molecule has 0 fully saturated rings. The van der Waals surface area contributed by atoms with E-state index < -0.39 is 0 Å². The van der Waals surface area contributed by atoms with E-state index in [9.17, 15) is 4.79 Å². The molecule has 0 spiro atoms. The summed E-state index contributed by atoms with van der Waals surface area (Å²) in [6.07, 6.45) is -0.189. The van der Waals surface area contributed by atoms with Crippen LogP contribution in [0.3, 0.4) is 0 Å². The third-order valence-corrected chi connectivity index (χ3v) is 3.68. The number of fused-ring (bicyclic) bond motifs is 1. The molecule has 0 aromatic heterocycles. The van der Waals surface area contributed by atoms with Gasteiger partial charge in [0.1, 0.15) is 12.7 Å². The Hall–Kier alpha value is -2.69. The molecular formula is C18H20N2O3. The van der Waals surface area contributed by atoms with Crippen LogP contribution < -0.4 is 19.7 Å². The lowest BCUT2D eigenvalue weighted by molar-refractivity contribution is 0.0789. The van der Waals surface area contributed by atoms with Gasteiger partial charge >= 0.3 is 0 Å². The van der Waals surface area contributed by atoms with Crippen molar-refractivity contribution in [2.24, 2.45) is 0 Å². The quantitative estimate of drug-likeness (QED) is 0.941. The first kappa shape index (κ1) is 15.2. The van der Waals surface area contributed by atoms with E-state index in [-0.39, 0.29) is 12.0 Å². The van der Waals surface area contributed by atoms with Crippen molar-refractivity contribution in [1.82, 2.24) is 5.32 Å². The molecule has 120 valence electrons. The second-order valence-corrected chi connectivity index (χ2v) is 5.65. The maximum atomic E-state index is 12.3. The van der Waals surface area contributed by atoms with Crippen LogP contribution >= 0.6 is 0 Å². The van der Waals surface area contributed by atoms with E-state index in [1.54, 1.807) is 6.07 Å². The minimum atomic E-state index is -0.189. The number of benzene rings is 2. The van der Waals surface area contributed by atoms with Crippen molar-refractivity contribution in [3.05, 3.63) is 54.1 Å². The summed E-state index contributed by atoms with van der Waals surface area (Å²) in [5.74, 6) is 1.34. The maximum Gasteiger partial charge on any atom is 0.251 e. The fourth-order valence-electron chi connectivity index (χ4n) is 2.40. The zero-order valence-electron chi connectivity index (χ0n) is 13.3. The summed E-state index contributed by atoms with van der Waals surface area (Å²) in [5.41, 5.74) is 1.62. The molecule has 5 nitrogen and oxygen atoms in total. The average Bonchev–Trinajstić information content (AvgIpc) is 2.59. The van der Waals surface area contributed by atoms with Crippen molar-refractivity contribution in [3.63, 3.8) is 0 Å². The van der Waals surface area contributed by atoms with Gasteiger partial charge in [0.2, 0.25) is 0 Å². The number of para-hydroxylation sites is 2. The average molecular weight is 312 g/mol. The Morgan fingerprint density at radius 3 is 2.74 bits per heavy atom. The fraction of sp³-hybridized carbons (Fsp3) is 0.278. The van der Waals surface area contributed by atoms with Crippen molar-refractivity contribution < 1.29 is 14.3 Å². The van der Waals surface area contributed by atoms with E-state index >= 15 is 0 Å². The lowest BCUT2D eigenvalue weighted by Gasteiger charge is -2.26. The Balaban J connectivity index is 1.59. The van der Waals surface area contributed by atoms with Gasteiger partial charge in [0.05, 0.1) is 6.54 Å². The smallest absolute Gasteiger partial charge is 0.251 e. The highest BCUT2D eigenvalue weighted by Gasteiger charge is 2.21. The summed E-state index contributed by atoms with van der Waals surface area (Å²) >= 11 is 0. The molecule has 1 N–H and O–H groups in total. The summed E-state index contributed by atoms with van der Waals surface area (Å²) in [6, 6.07) is 15.0. The molecule has 1 aliphatic rings. The molecule has 5 heteroatoms. The molecule has 1 atom stereocenters. The topological polar surface area (TPSA) is 50.8 Å². The van der Waals surface area contributed by atoms with E-state index in [4.69, 9.17) is 9.47 Å². The molecule has 0 bridgehead atoms. The van der Waals surface area contributed by atoms with Crippen LogP contribution in [0.5, 0.6) is 11.5 Å². The van der Waals surface area contributed by atoms with Crippen LogP contribution in [0.2, 0.25) is 0 Å². The van der Waals surface area contributed by atoms with Crippen LogP contribution in [0, 0.1) is 0 Å². The SMILES string of the molecule is CN(C)c1cccc(C(=O)NC[C@H]2COc3ccccc3O2)c1. The zero-order chi connectivity index (χ0) is 16.2. The first-order valence-electron chi connectivity index (χ1n) is 7.57. The van der Waals surface area contributed by atoms with Gasteiger partial charge in [-0.3, -0.25) is 4.79 Å². The van der Waals surface area contributed by atoms with Gasteiger partial charge in [-0.15, -0.1) is 0 Å². The highest BCUT2D eigenvalue weighted by Crippen LogP contribution is 2.30. The van der Waals surface area contributed by atoms with Crippen molar-refractivity contribution in [1.29, 1.82) is 0 Å². The third-order valence-electron chi connectivity index (χ3n) is 3.68. The number of nitrogens with zero attached hydrogens (tertiary/aromatic N) is 1. The van der Waals surface area contributed by atoms with Crippen LogP contribution in [0.4, 0.5) is 5.69 Å². The van der Waals surface area contributed by atoms with Gasteiger partial charge in [-0.2, -0.15) is 0 Å². The second kappa shape index (κ2) is 6.60. The van der Waals surface area contributed by atoms with Gasteiger partial charge < -0.3 is 19.7 Å². The van der Waals surface area contributed by atoms with E-state index in [2.05, 4.69) is 5.32 Å². The Bertz CT molecular complexity index is 700. The second-order valence-electron chi connectivity index (χ2n) is 5.65. The molecule has 1 amide bonds. The van der Waals surface area contributed by atoms with Crippen molar-refractivity contribution >= 4 is 11.6 Å². The number of carbonyl (C=O) groups is 1. The summed E-state index contributed by atoms with van der Waals surface area (Å²) in [4.78, 5) is 14.2. The minimum Gasteiger partial charge on any atom is -0.486 e. The Labute approximate surface area is 135 Å². The van der Waals surface area contributed by atoms with Crippen molar-refractivity contribution in [2.45, 2.75) is 6.10 Å². The lowest BCUT2D eigenvalue weighted by Crippen LogP contribution is -2.40. The monoisotopic (exact) mass is 312 g/mol. The summed E-state index contributed by atoms with van der Waals surface area (Å²) in [6.45, 7) is 0.828. The number of nitrogens with one attached hydrogen (secondary N) is 1. The first-order chi connectivity index (χ1) is 11.1. The van der Waals surface area contributed by atoms with Crippen molar-refractivity contribution in [2.75, 3.05) is 32.1 Å². The van der Waals surface area contributed by atoms with Crippen molar-refractivity contribution in [3.8, 4) is 11.5 Å². The number of hydrogen-bond donors (Lipinski definition) is 1. The summed E-state index contributed by atoms with van der Waals surface area (Å²) in [5, 5.41) is 2.90. The standard InChI is InChI=1S/C18H20N2O3/c1-20(2)14-7-5-6-13(10-14)18(21)19-11-15-12-22-16-8-3-4-9-17(16)23-15/h3-10,15H,11-12H2,1-2H3,(H,19,21)/t15-/m0/s1. The van der Waals surface area contributed by atoms with E-state index in [1.807, 2.05) is 61.5 Å². The normalized spacial score (nSPS) is 15.8. The van der Waals surface area contributed by atoms with Crippen LogP contribution in [0.1, 0.15) is 10.4 Å². The van der Waals surface area contributed by atoms with Gasteiger partial charge in [-0.25, -0.2) is 0 Å². The van der Waals surface area contributed by atoms with E-state index in [0.29, 0.717) is 24.5 Å². The van der Waals surface area contributed by atoms with Crippen LogP contribution in [0.15, 0.2) is 48.5 Å². The summed E-state index contributed by atoms with van der Waals surface area (Å²) in [7, 11) is 3.89. The largest absolute Gasteiger partial charge is 0.486 e. The van der Waals surface area contributed by atoms with Gasteiger partial charge in [0.15, 0.2) is 11.5 Å². The summed E-state index contributed by atoms with van der Waals surface area (Å²) < 4.78 is 11.5. The zero-order valence-corrected chi connectivity index (χ0v) is 13.3. The molecule has 0 unspecified atom stereocenters. The Kier molecular flexibility index (Phi) is 4.37. The first-order valence-corrected chi connectivity index (χ1v) is 7.57. The molecule has 0 saturated heterocycles. The Morgan fingerprint density at radius 1 is 1.17 bits per heavy atom. The molecule has 0 aliphatic carbocycles.